The lowest BCUT2D eigenvalue weighted by atomic mass is 9.78. The first-order chi connectivity index (χ1) is 9.21. The summed E-state index contributed by atoms with van der Waals surface area (Å²) >= 11 is 5.82. The quantitative estimate of drug-likeness (QED) is 0.681. The Morgan fingerprint density at radius 2 is 1.95 bits per heavy atom. The van der Waals surface area contributed by atoms with E-state index in [4.69, 9.17) is 16.3 Å². The first-order valence-corrected chi connectivity index (χ1v) is 7.69. The summed E-state index contributed by atoms with van der Waals surface area (Å²) in [7, 11) is 0. The van der Waals surface area contributed by atoms with E-state index in [1.165, 1.54) is 0 Å². The summed E-state index contributed by atoms with van der Waals surface area (Å²) in [5.41, 5.74) is 1.78. The van der Waals surface area contributed by atoms with Crippen molar-refractivity contribution in [3.05, 3.63) is 34.1 Å². The van der Waals surface area contributed by atoms with Crippen molar-refractivity contribution in [1.29, 1.82) is 0 Å². The topological polar surface area (TPSA) is 9.23 Å². The molecule has 0 spiro atoms. The molecule has 2 rings (SSSR count). The minimum absolute atomic E-state index is 0.00318. The van der Waals surface area contributed by atoms with Crippen molar-refractivity contribution in [2.24, 2.45) is 11.3 Å². The summed E-state index contributed by atoms with van der Waals surface area (Å²) < 4.78 is 20.1. The van der Waals surface area contributed by atoms with Crippen LogP contribution in [0.4, 0.5) is 4.39 Å². The van der Waals surface area contributed by atoms with Crippen LogP contribution in [0.2, 0.25) is 5.02 Å². The summed E-state index contributed by atoms with van der Waals surface area (Å²) in [4.78, 5) is 0. The van der Waals surface area contributed by atoms with Crippen LogP contribution in [-0.4, -0.2) is 6.10 Å². The molecule has 3 atom stereocenters. The van der Waals surface area contributed by atoms with Crippen molar-refractivity contribution < 1.29 is 9.13 Å². The molecule has 0 radical (unpaired) electrons. The monoisotopic (exact) mass is 298 g/mol. The molecule has 1 aromatic rings. The smallest absolute Gasteiger partial charge is 0.145 e. The normalized spacial score (nSPS) is 24.9. The molecule has 0 bridgehead atoms. The molecule has 1 saturated heterocycles. The average molecular weight is 299 g/mol. The van der Waals surface area contributed by atoms with Crippen molar-refractivity contribution in [1.82, 2.24) is 0 Å². The van der Waals surface area contributed by atoms with E-state index in [1.807, 2.05) is 6.07 Å². The zero-order chi connectivity index (χ0) is 15.1. The van der Waals surface area contributed by atoms with Crippen LogP contribution in [0, 0.1) is 24.1 Å². The maximum Gasteiger partial charge on any atom is 0.145 e. The molecule has 1 fully saturated rings. The van der Waals surface area contributed by atoms with Crippen LogP contribution in [0.5, 0.6) is 0 Å². The maximum absolute atomic E-state index is 13.9. The van der Waals surface area contributed by atoms with Gasteiger partial charge in [0.2, 0.25) is 0 Å². The zero-order valence-corrected chi connectivity index (χ0v) is 13.7. The van der Waals surface area contributed by atoms with Crippen LogP contribution in [0.25, 0.3) is 0 Å². The molecule has 1 aliphatic rings. The predicted octanol–water partition coefficient (Wildman–Crippen LogP) is 5.69. The molecule has 1 aliphatic heterocycles. The van der Waals surface area contributed by atoms with Gasteiger partial charge in [-0.15, -0.1) is 0 Å². The third-order valence-electron chi connectivity index (χ3n) is 4.70. The van der Waals surface area contributed by atoms with Crippen LogP contribution in [-0.2, 0) is 4.74 Å². The van der Waals surface area contributed by atoms with Gasteiger partial charge in [-0.2, -0.15) is 0 Å². The Labute approximate surface area is 126 Å². The molecule has 20 heavy (non-hydrogen) atoms. The predicted molar refractivity (Wildman–Crippen MR) is 81.6 cm³/mol. The van der Waals surface area contributed by atoms with E-state index in [1.54, 1.807) is 13.0 Å². The third kappa shape index (κ3) is 3.01. The fourth-order valence-corrected chi connectivity index (χ4v) is 3.04. The van der Waals surface area contributed by atoms with Gasteiger partial charge >= 0.3 is 0 Å². The average Bonchev–Trinajstić information content (AvgIpc) is 2.83. The summed E-state index contributed by atoms with van der Waals surface area (Å²) in [6.07, 6.45) is 2.23. The molecule has 0 amide bonds. The van der Waals surface area contributed by atoms with Gasteiger partial charge < -0.3 is 4.74 Å². The van der Waals surface area contributed by atoms with Gasteiger partial charge in [-0.3, -0.25) is 0 Å². The number of halogens is 2. The second-order valence-electron chi connectivity index (χ2n) is 6.97. The van der Waals surface area contributed by atoms with E-state index in [0.717, 1.165) is 18.4 Å². The maximum atomic E-state index is 13.9. The van der Waals surface area contributed by atoms with E-state index in [0.29, 0.717) is 11.5 Å². The fourth-order valence-electron chi connectivity index (χ4n) is 2.83. The lowest BCUT2D eigenvalue weighted by molar-refractivity contribution is -0.0166. The number of benzene rings is 1. The molecule has 0 aromatic heterocycles. The molecule has 0 aliphatic carbocycles. The van der Waals surface area contributed by atoms with Gasteiger partial charge in [0.1, 0.15) is 5.82 Å². The number of rotatable bonds is 2. The van der Waals surface area contributed by atoms with E-state index in [-0.39, 0.29) is 28.5 Å². The summed E-state index contributed by atoms with van der Waals surface area (Å²) in [6, 6.07) is 3.53. The Kier molecular flexibility index (Phi) is 4.46. The number of hydrogen-bond donors (Lipinski definition) is 0. The van der Waals surface area contributed by atoms with E-state index < -0.39 is 0 Å². The lowest BCUT2D eigenvalue weighted by Crippen LogP contribution is -2.29. The molecule has 1 nitrogen and oxygen atoms in total. The first kappa shape index (κ1) is 15.8. The van der Waals surface area contributed by atoms with Gasteiger partial charge in [0.05, 0.1) is 17.2 Å². The SMILES string of the molecule is Cc1c([C@H]2CC[C@@H]([C@H](C)C(C)(C)C)O2)ccc(Cl)c1F. The van der Waals surface area contributed by atoms with Crippen molar-refractivity contribution in [2.75, 3.05) is 0 Å². The van der Waals surface area contributed by atoms with Crippen LogP contribution >= 0.6 is 11.6 Å². The molecule has 3 heteroatoms. The Bertz CT molecular complexity index is 492. The molecular formula is C17H24ClFO. The Morgan fingerprint density at radius 3 is 2.55 bits per heavy atom. The van der Waals surface area contributed by atoms with Crippen molar-refractivity contribution in [2.45, 2.75) is 59.7 Å². The van der Waals surface area contributed by atoms with Crippen LogP contribution in [0.15, 0.2) is 12.1 Å². The van der Waals surface area contributed by atoms with Crippen LogP contribution in [0.1, 0.15) is 57.8 Å². The number of ether oxygens (including phenoxy) is 1. The zero-order valence-electron chi connectivity index (χ0n) is 13.0. The van der Waals surface area contributed by atoms with Gasteiger partial charge in [0.25, 0.3) is 0 Å². The van der Waals surface area contributed by atoms with Gasteiger partial charge in [0.15, 0.2) is 0 Å². The minimum Gasteiger partial charge on any atom is -0.370 e. The van der Waals surface area contributed by atoms with Crippen molar-refractivity contribution in [3.8, 4) is 0 Å². The summed E-state index contributed by atoms with van der Waals surface area (Å²) in [5, 5.41) is 0.184. The third-order valence-corrected chi connectivity index (χ3v) is 5.00. The standard InChI is InChI=1S/C17H24ClFO/c1-10-12(6-7-13(18)16(10)19)15-9-8-14(20-15)11(2)17(3,4)5/h6-7,11,14-15H,8-9H2,1-5H3/t11-,14-,15+/m0/s1. The fraction of sp³-hybridized carbons (Fsp3) is 0.647. The Hall–Kier alpha value is -0.600. The van der Waals surface area contributed by atoms with Gasteiger partial charge in [-0.25, -0.2) is 4.39 Å². The van der Waals surface area contributed by atoms with Crippen LogP contribution < -0.4 is 0 Å². The van der Waals surface area contributed by atoms with E-state index in [2.05, 4.69) is 27.7 Å². The summed E-state index contributed by atoms with van der Waals surface area (Å²) in [5.74, 6) is 0.157. The summed E-state index contributed by atoms with van der Waals surface area (Å²) in [6.45, 7) is 10.7. The second kappa shape index (κ2) is 5.65. The van der Waals surface area contributed by atoms with Gasteiger partial charge in [-0.1, -0.05) is 45.4 Å². The molecule has 1 heterocycles. The highest BCUT2D eigenvalue weighted by atomic mass is 35.5. The molecule has 112 valence electrons. The molecule has 0 unspecified atom stereocenters. The van der Waals surface area contributed by atoms with Crippen molar-refractivity contribution in [3.63, 3.8) is 0 Å². The lowest BCUT2D eigenvalue weighted by Gasteiger charge is -2.32. The highest BCUT2D eigenvalue weighted by molar-refractivity contribution is 6.30. The van der Waals surface area contributed by atoms with E-state index >= 15 is 0 Å². The first-order valence-electron chi connectivity index (χ1n) is 7.31. The highest BCUT2D eigenvalue weighted by Crippen LogP contribution is 2.42. The van der Waals surface area contributed by atoms with Gasteiger partial charge in [-0.05, 0) is 48.3 Å². The largest absolute Gasteiger partial charge is 0.370 e. The molecule has 1 aromatic carbocycles. The minimum atomic E-state index is -0.319. The Morgan fingerprint density at radius 1 is 1.30 bits per heavy atom. The van der Waals surface area contributed by atoms with E-state index in [9.17, 15) is 4.39 Å². The highest BCUT2D eigenvalue weighted by Gasteiger charge is 2.36. The molecule has 0 N–H and O–H groups in total. The molecular weight excluding hydrogens is 275 g/mol. The van der Waals surface area contributed by atoms with Crippen molar-refractivity contribution >= 4 is 11.6 Å². The van der Waals surface area contributed by atoms with Crippen LogP contribution in [0.3, 0.4) is 0 Å². The second-order valence-corrected chi connectivity index (χ2v) is 7.38. The Balaban J connectivity index is 2.16. The van der Waals surface area contributed by atoms with Gasteiger partial charge in [0, 0.05) is 0 Å². The number of hydrogen-bond acceptors (Lipinski definition) is 1. The molecule has 0 saturated carbocycles.